The number of aromatic nitrogens is 2. The number of rotatable bonds is 4. The molecule has 20 heavy (non-hydrogen) atoms. The van der Waals surface area contributed by atoms with Crippen LogP contribution in [0.3, 0.4) is 0 Å². The van der Waals surface area contributed by atoms with Gasteiger partial charge in [0.25, 0.3) is 0 Å². The molecular weight excluding hydrogens is 280 g/mol. The summed E-state index contributed by atoms with van der Waals surface area (Å²) >= 11 is 1.52. The highest BCUT2D eigenvalue weighted by atomic mass is 32.2. The fourth-order valence-corrected chi connectivity index (χ4v) is 3.57. The van der Waals surface area contributed by atoms with Crippen LogP contribution >= 0.6 is 11.8 Å². The van der Waals surface area contributed by atoms with Crippen molar-refractivity contribution in [3.05, 3.63) is 18.0 Å². The van der Waals surface area contributed by atoms with E-state index in [2.05, 4.69) is 10.2 Å². The Labute approximate surface area is 121 Å². The Morgan fingerprint density at radius 2 is 2.40 bits per heavy atom. The standard InChI is InChI=1S/C12H18N4O3S/c1-3-10-16(9(7-20-10)11(17)18)12(19)15(2)6-8-4-13-14-5-8/h4-5,9-10H,3,6-7H2,1-2H3,(H,13,14)(H,17,18). The summed E-state index contributed by atoms with van der Waals surface area (Å²) in [6, 6.07) is -1.00. The maximum absolute atomic E-state index is 12.5. The summed E-state index contributed by atoms with van der Waals surface area (Å²) in [7, 11) is 1.67. The SMILES string of the molecule is CCC1SCC(C(=O)O)N1C(=O)N(C)Cc1cn[nH]c1. The maximum Gasteiger partial charge on any atom is 0.327 e. The van der Waals surface area contributed by atoms with Crippen LogP contribution in [0.1, 0.15) is 18.9 Å². The van der Waals surface area contributed by atoms with Crippen LogP contribution in [0.4, 0.5) is 4.79 Å². The summed E-state index contributed by atoms with van der Waals surface area (Å²) < 4.78 is 0. The van der Waals surface area contributed by atoms with Gasteiger partial charge in [-0.1, -0.05) is 6.92 Å². The molecular formula is C12H18N4O3S. The monoisotopic (exact) mass is 298 g/mol. The van der Waals surface area contributed by atoms with Gasteiger partial charge in [-0.05, 0) is 6.42 Å². The first-order chi connectivity index (χ1) is 9.54. The molecule has 2 N–H and O–H groups in total. The molecule has 0 aliphatic carbocycles. The number of hydrogen-bond donors (Lipinski definition) is 2. The Kier molecular flexibility index (Phi) is 4.53. The normalized spacial score (nSPS) is 22.0. The minimum atomic E-state index is -0.946. The molecule has 110 valence electrons. The summed E-state index contributed by atoms with van der Waals surface area (Å²) in [6.45, 7) is 2.36. The zero-order chi connectivity index (χ0) is 14.7. The molecule has 1 aliphatic heterocycles. The average Bonchev–Trinajstić information content (AvgIpc) is 3.05. The molecule has 0 spiro atoms. The molecule has 0 saturated carbocycles. The number of carbonyl (C=O) groups is 2. The highest BCUT2D eigenvalue weighted by molar-refractivity contribution is 8.00. The lowest BCUT2D eigenvalue weighted by atomic mass is 10.2. The second-order valence-corrected chi connectivity index (χ2v) is 5.91. The number of nitrogens with zero attached hydrogens (tertiary/aromatic N) is 3. The van der Waals surface area contributed by atoms with Gasteiger partial charge in [0.15, 0.2) is 0 Å². The topological polar surface area (TPSA) is 89.5 Å². The predicted molar refractivity (Wildman–Crippen MR) is 75.3 cm³/mol. The van der Waals surface area contributed by atoms with Gasteiger partial charge >= 0.3 is 12.0 Å². The second-order valence-electron chi connectivity index (χ2n) is 4.70. The van der Waals surface area contributed by atoms with E-state index in [0.29, 0.717) is 12.3 Å². The minimum Gasteiger partial charge on any atom is -0.480 e. The molecule has 0 radical (unpaired) electrons. The lowest BCUT2D eigenvalue weighted by molar-refractivity contribution is -0.141. The van der Waals surface area contributed by atoms with Gasteiger partial charge in [0.2, 0.25) is 0 Å². The van der Waals surface area contributed by atoms with E-state index in [1.807, 2.05) is 6.92 Å². The first-order valence-corrected chi connectivity index (χ1v) is 7.45. The van der Waals surface area contributed by atoms with E-state index in [1.165, 1.54) is 21.6 Å². The van der Waals surface area contributed by atoms with Crippen LogP contribution in [0.25, 0.3) is 0 Å². The first-order valence-electron chi connectivity index (χ1n) is 6.40. The van der Waals surface area contributed by atoms with Crippen molar-refractivity contribution in [2.45, 2.75) is 31.3 Å². The lowest BCUT2D eigenvalue weighted by Gasteiger charge is -2.31. The number of aliphatic carboxylic acids is 1. The summed E-state index contributed by atoms with van der Waals surface area (Å²) in [5, 5.41) is 15.7. The molecule has 2 atom stereocenters. The number of amides is 2. The summed E-state index contributed by atoms with van der Waals surface area (Å²) in [4.78, 5) is 26.8. The maximum atomic E-state index is 12.5. The fraction of sp³-hybridized carbons (Fsp3) is 0.583. The third-order valence-electron chi connectivity index (χ3n) is 3.25. The van der Waals surface area contributed by atoms with Crippen molar-refractivity contribution >= 4 is 23.8 Å². The van der Waals surface area contributed by atoms with E-state index in [-0.39, 0.29) is 11.4 Å². The van der Waals surface area contributed by atoms with Gasteiger partial charge < -0.3 is 10.0 Å². The van der Waals surface area contributed by atoms with Crippen LogP contribution < -0.4 is 0 Å². The van der Waals surface area contributed by atoms with E-state index in [9.17, 15) is 14.7 Å². The van der Waals surface area contributed by atoms with Gasteiger partial charge in [-0.15, -0.1) is 11.8 Å². The van der Waals surface area contributed by atoms with Crippen molar-refractivity contribution in [3.8, 4) is 0 Å². The molecule has 1 aromatic heterocycles. The van der Waals surface area contributed by atoms with Gasteiger partial charge in [-0.2, -0.15) is 5.10 Å². The van der Waals surface area contributed by atoms with Crippen LogP contribution in [-0.4, -0.2) is 61.3 Å². The van der Waals surface area contributed by atoms with E-state index in [1.54, 1.807) is 19.4 Å². The van der Waals surface area contributed by atoms with E-state index in [4.69, 9.17) is 0 Å². The first kappa shape index (κ1) is 14.7. The van der Waals surface area contributed by atoms with E-state index < -0.39 is 12.0 Å². The highest BCUT2D eigenvalue weighted by Gasteiger charge is 2.41. The van der Waals surface area contributed by atoms with Crippen molar-refractivity contribution in [2.75, 3.05) is 12.8 Å². The van der Waals surface area contributed by atoms with Crippen molar-refractivity contribution in [1.29, 1.82) is 0 Å². The molecule has 2 unspecified atom stereocenters. The minimum absolute atomic E-state index is 0.0737. The van der Waals surface area contributed by atoms with Gasteiger partial charge in [0.1, 0.15) is 6.04 Å². The molecule has 7 nitrogen and oxygen atoms in total. The number of H-pyrrole nitrogens is 1. The Bertz CT molecular complexity index is 479. The van der Waals surface area contributed by atoms with Crippen molar-refractivity contribution in [1.82, 2.24) is 20.0 Å². The number of aromatic amines is 1. The number of urea groups is 1. The third kappa shape index (κ3) is 2.90. The number of nitrogens with one attached hydrogen (secondary N) is 1. The Hall–Kier alpha value is -1.70. The zero-order valence-corrected chi connectivity index (χ0v) is 12.3. The Morgan fingerprint density at radius 3 is 2.95 bits per heavy atom. The molecule has 1 aromatic rings. The Morgan fingerprint density at radius 1 is 1.65 bits per heavy atom. The molecule has 8 heteroatoms. The molecule has 2 rings (SSSR count). The number of hydrogen-bond acceptors (Lipinski definition) is 4. The zero-order valence-electron chi connectivity index (χ0n) is 11.4. The lowest BCUT2D eigenvalue weighted by Crippen LogP contribution is -2.50. The molecule has 1 saturated heterocycles. The highest BCUT2D eigenvalue weighted by Crippen LogP contribution is 2.32. The van der Waals surface area contributed by atoms with E-state index in [0.717, 1.165) is 12.0 Å². The summed E-state index contributed by atoms with van der Waals surface area (Å²) in [5.74, 6) is -0.502. The molecule has 1 aliphatic rings. The number of thioether (sulfide) groups is 1. The van der Waals surface area contributed by atoms with Crippen molar-refractivity contribution < 1.29 is 14.7 Å². The van der Waals surface area contributed by atoms with Crippen LogP contribution in [0.15, 0.2) is 12.4 Å². The number of carboxylic acids is 1. The quantitative estimate of drug-likeness (QED) is 0.872. The van der Waals surface area contributed by atoms with Crippen molar-refractivity contribution in [2.24, 2.45) is 0 Å². The molecule has 0 bridgehead atoms. The number of carbonyl (C=O) groups excluding carboxylic acids is 1. The average molecular weight is 298 g/mol. The molecule has 2 amide bonds. The van der Waals surface area contributed by atoms with Gasteiger partial charge in [0.05, 0.1) is 18.1 Å². The smallest absolute Gasteiger partial charge is 0.327 e. The molecule has 0 aromatic carbocycles. The summed E-state index contributed by atoms with van der Waals surface area (Å²) in [5.41, 5.74) is 0.882. The Balaban J connectivity index is 2.10. The largest absolute Gasteiger partial charge is 0.480 e. The molecule has 2 heterocycles. The van der Waals surface area contributed by atoms with Crippen molar-refractivity contribution in [3.63, 3.8) is 0 Å². The van der Waals surface area contributed by atoms with Gasteiger partial charge in [0, 0.05) is 24.6 Å². The second kappa shape index (κ2) is 6.17. The number of carboxylic acid groups (broad SMARTS) is 1. The van der Waals surface area contributed by atoms with Crippen LogP contribution in [0, 0.1) is 0 Å². The van der Waals surface area contributed by atoms with Crippen LogP contribution in [-0.2, 0) is 11.3 Å². The fourth-order valence-electron chi connectivity index (χ4n) is 2.23. The van der Waals surface area contributed by atoms with Crippen LogP contribution in [0.2, 0.25) is 0 Å². The van der Waals surface area contributed by atoms with Crippen LogP contribution in [0.5, 0.6) is 0 Å². The third-order valence-corrected chi connectivity index (χ3v) is 4.70. The molecule has 1 fully saturated rings. The van der Waals surface area contributed by atoms with Gasteiger partial charge in [-0.3, -0.25) is 10.00 Å². The van der Waals surface area contributed by atoms with E-state index >= 15 is 0 Å². The summed E-state index contributed by atoms with van der Waals surface area (Å²) in [6.07, 6.45) is 4.10. The predicted octanol–water partition coefficient (Wildman–Crippen LogP) is 1.20. The van der Waals surface area contributed by atoms with Gasteiger partial charge in [-0.25, -0.2) is 9.59 Å².